The molecular weight excluding hydrogens is 340 g/mol. The van der Waals surface area contributed by atoms with E-state index in [2.05, 4.69) is 71.5 Å². The maximum atomic E-state index is 4.60. The molecule has 2 heterocycles. The van der Waals surface area contributed by atoms with E-state index in [1.807, 2.05) is 11.3 Å². The van der Waals surface area contributed by atoms with Crippen molar-refractivity contribution in [2.45, 2.75) is 32.2 Å². The predicted octanol–water partition coefficient (Wildman–Crippen LogP) is 4.53. The van der Waals surface area contributed by atoms with Gasteiger partial charge in [0.15, 0.2) is 0 Å². The van der Waals surface area contributed by atoms with Crippen LogP contribution in [-0.2, 0) is 12.8 Å². The number of nitrogens with zero attached hydrogens (tertiary/aromatic N) is 3. The van der Waals surface area contributed by atoms with Crippen molar-refractivity contribution < 1.29 is 0 Å². The van der Waals surface area contributed by atoms with Crippen LogP contribution >= 0.6 is 11.3 Å². The van der Waals surface area contributed by atoms with Crippen molar-refractivity contribution in [3.05, 3.63) is 52.7 Å². The van der Waals surface area contributed by atoms with Crippen molar-refractivity contribution in [3.8, 4) is 0 Å². The van der Waals surface area contributed by atoms with Crippen LogP contribution in [0, 0.1) is 5.92 Å². The summed E-state index contributed by atoms with van der Waals surface area (Å²) in [6, 6.07) is 11.0. The minimum absolute atomic E-state index is 0.302. The molecule has 4 nitrogen and oxygen atoms in total. The molecule has 3 aromatic rings. The largest absolute Gasteiger partial charge is 0.368 e. The number of aryl methyl sites for hydroxylation is 1. The Balaban J connectivity index is 1.63. The molecule has 5 heteroatoms. The van der Waals surface area contributed by atoms with Crippen LogP contribution in [-0.4, -0.2) is 35.5 Å². The van der Waals surface area contributed by atoms with Gasteiger partial charge in [-0.15, -0.1) is 11.3 Å². The van der Waals surface area contributed by atoms with Gasteiger partial charge in [-0.3, -0.25) is 0 Å². The zero-order chi connectivity index (χ0) is 18.1. The number of thiophene rings is 1. The lowest BCUT2D eigenvalue weighted by Gasteiger charge is -2.25. The van der Waals surface area contributed by atoms with E-state index in [0.717, 1.165) is 29.5 Å². The van der Waals surface area contributed by atoms with Gasteiger partial charge in [-0.05, 0) is 50.4 Å². The molecule has 0 aliphatic heterocycles. The molecule has 1 aromatic carbocycles. The molecule has 0 unspecified atom stereocenters. The average Bonchev–Trinajstić information content (AvgIpc) is 3.00. The fourth-order valence-electron chi connectivity index (χ4n) is 3.88. The van der Waals surface area contributed by atoms with Crippen molar-refractivity contribution in [2.75, 3.05) is 26.0 Å². The Bertz CT molecular complexity index is 888. The number of hydrogen-bond acceptors (Lipinski definition) is 5. The first-order valence-electron chi connectivity index (χ1n) is 9.34. The summed E-state index contributed by atoms with van der Waals surface area (Å²) in [6.07, 6.45) is 5.29. The molecule has 2 atom stereocenters. The van der Waals surface area contributed by atoms with Crippen molar-refractivity contribution in [1.29, 1.82) is 0 Å². The van der Waals surface area contributed by atoms with Crippen LogP contribution < -0.4 is 5.32 Å². The van der Waals surface area contributed by atoms with Gasteiger partial charge in [-0.25, -0.2) is 9.97 Å². The number of fused-ring (bicyclic) bond motifs is 3. The number of aromatic nitrogens is 2. The molecular formula is C21H26N4S. The monoisotopic (exact) mass is 366 g/mol. The fourth-order valence-corrected chi connectivity index (χ4v) is 5.23. The molecule has 0 fully saturated rings. The number of benzene rings is 1. The molecule has 0 bridgehead atoms. The molecule has 1 aliphatic rings. The summed E-state index contributed by atoms with van der Waals surface area (Å²) < 4.78 is 0. The standard InChI is InChI=1S/C21H26N4S/c1-14-9-10-16-18(11-14)26-21-19(16)20(23-13-24-21)22-12-17(25(2)3)15-7-5-4-6-8-15/h4-8,13-14,17H,9-12H2,1-3H3,(H,22,23,24)/t14-,17+/m0/s1. The van der Waals surface area contributed by atoms with Crippen LogP contribution in [0.4, 0.5) is 5.82 Å². The third-order valence-electron chi connectivity index (χ3n) is 5.36. The maximum absolute atomic E-state index is 4.60. The SMILES string of the molecule is C[C@H]1CCc2c(sc3ncnc(NC[C@H](c4ccccc4)N(C)C)c23)C1. The van der Waals surface area contributed by atoms with Gasteiger partial charge in [-0.1, -0.05) is 37.3 Å². The van der Waals surface area contributed by atoms with Crippen LogP contribution in [0.2, 0.25) is 0 Å². The Kier molecular flexibility index (Phi) is 4.92. The number of rotatable bonds is 5. The number of nitrogens with one attached hydrogen (secondary N) is 1. The van der Waals surface area contributed by atoms with Gasteiger partial charge in [0.25, 0.3) is 0 Å². The van der Waals surface area contributed by atoms with Crippen LogP contribution in [0.3, 0.4) is 0 Å². The van der Waals surface area contributed by atoms with Crippen LogP contribution in [0.15, 0.2) is 36.7 Å². The third kappa shape index (κ3) is 3.33. The summed E-state index contributed by atoms with van der Waals surface area (Å²) in [5.74, 6) is 1.76. The summed E-state index contributed by atoms with van der Waals surface area (Å²) in [5, 5.41) is 4.88. The van der Waals surface area contributed by atoms with E-state index in [4.69, 9.17) is 0 Å². The van der Waals surface area contributed by atoms with Crippen molar-refractivity contribution >= 4 is 27.4 Å². The van der Waals surface area contributed by atoms with Gasteiger partial charge in [-0.2, -0.15) is 0 Å². The lowest BCUT2D eigenvalue weighted by atomic mass is 9.89. The van der Waals surface area contributed by atoms with E-state index in [-0.39, 0.29) is 0 Å². The molecule has 0 spiro atoms. The molecule has 26 heavy (non-hydrogen) atoms. The highest BCUT2D eigenvalue weighted by molar-refractivity contribution is 7.19. The minimum Gasteiger partial charge on any atom is -0.368 e. The van der Waals surface area contributed by atoms with Crippen molar-refractivity contribution in [1.82, 2.24) is 14.9 Å². The minimum atomic E-state index is 0.302. The third-order valence-corrected chi connectivity index (χ3v) is 6.52. The van der Waals surface area contributed by atoms with Crippen LogP contribution in [0.1, 0.15) is 35.4 Å². The Morgan fingerprint density at radius 1 is 1.23 bits per heavy atom. The number of hydrogen-bond donors (Lipinski definition) is 1. The topological polar surface area (TPSA) is 41.1 Å². The van der Waals surface area contributed by atoms with Gasteiger partial charge in [0, 0.05) is 11.4 Å². The summed E-state index contributed by atoms with van der Waals surface area (Å²) >= 11 is 1.85. The highest BCUT2D eigenvalue weighted by Crippen LogP contribution is 2.39. The van der Waals surface area contributed by atoms with E-state index >= 15 is 0 Å². The summed E-state index contributed by atoms with van der Waals surface area (Å²) in [6.45, 7) is 3.17. The van der Waals surface area contributed by atoms with E-state index < -0.39 is 0 Å². The Morgan fingerprint density at radius 2 is 2.04 bits per heavy atom. The van der Waals surface area contributed by atoms with Gasteiger partial charge < -0.3 is 10.2 Å². The Morgan fingerprint density at radius 3 is 2.81 bits per heavy atom. The zero-order valence-corrected chi connectivity index (χ0v) is 16.5. The van der Waals surface area contributed by atoms with E-state index in [0.29, 0.717) is 6.04 Å². The molecule has 0 radical (unpaired) electrons. The number of likely N-dealkylation sites (N-methyl/N-ethyl adjacent to an activating group) is 1. The average molecular weight is 367 g/mol. The highest BCUT2D eigenvalue weighted by Gasteiger charge is 2.23. The van der Waals surface area contributed by atoms with Crippen molar-refractivity contribution in [2.24, 2.45) is 5.92 Å². The molecule has 0 amide bonds. The lowest BCUT2D eigenvalue weighted by molar-refractivity contribution is 0.311. The van der Waals surface area contributed by atoms with Gasteiger partial charge in [0.1, 0.15) is 17.0 Å². The Hall–Kier alpha value is -1.98. The first-order valence-corrected chi connectivity index (χ1v) is 10.2. The smallest absolute Gasteiger partial charge is 0.138 e. The lowest BCUT2D eigenvalue weighted by Crippen LogP contribution is -2.27. The second-order valence-corrected chi connectivity index (χ2v) is 8.61. The predicted molar refractivity (Wildman–Crippen MR) is 110 cm³/mol. The molecule has 136 valence electrons. The second-order valence-electron chi connectivity index (χ2n) is 7.53. The molecule has 2 aromatic heterocycles. The molecule has 1 aliphatic carbocycles. The molecule has 0 saturated heterocycles. The summed E-state index contributed by atoms with van der Waals surface area (Å²) in [5.41, 5.74) is 2.80. The fraction of sp³-hybridized carbons (Fsp3) is 0.429. The summed E-state index contributed by atoms with van der Waals surface area (Å²) in [4.78, 5) is 14.0. The van der Waals surface area contributed by atoms with E-state index in [1.54, 1.807) is 6.33 Å². The normalized spacial score (nSPS) is 18.1. The van der Waals surface area contributed by atoms with Crippen LogP contribution in [0.5, 0.6) is 0 Å². The van der Waals surface area contributed by atoms with Crippen molar-refractivity contribution in [3.63, 3.8) is 0 Å². The second kappa shape index (κ2) is 7.33. The van der Waals surface area contributed by atoms with Crippen LogP contribution in [0.25, 0.3) is 10.2 Å². The first-order chi connectivity index (χ1) is 12.6. The molecule has 1 N–H and O–H groups in total. The maximum Gasteiger partial charge on any atom is 0.138 e. The molecule has 0 saturated carbocycles. The quantitative estimate of drug-likeness (QED) is 0.720. The van der Waals surface area contributed by atoms with E-state index in [1.165, 1.54) is 34.2 Å². The van der Waals surface area contributed by atoms with Gasteiger partial charge in [0.05, 0.1) is 11.4 Å². The number of anilines is 1. The Labute approximate surface area is 159 Å². The molecule has 4 rings (SSSR count). The van der Waals surface area contributed by atoms with Gasteiger partial charge in [0.2, 0.25) is 0 Å². The highest BCUT2D eigenvalue weighted by atomic mass is 32.1. The zero-order valence-electron chi connectivity index (χ0n) is 15.7. The first kappa shape index (κ1) is 17.4. The van der Waals surface area contributed by atoms with E-state index in [9.17, 15) is 0 Å². The van der Waals surface area contributed by atoms with Gasteiger partial charge >= 0.3 is 0 Å². The summed E-state index contributed by atoms with van der Waals surface area (Å²) in [7, 11) is 4.26.